The molecular formula is C27H25N3O5. The SMILES string of the molecule is COc1ccc2c(C)c(CCC(=O)Nc3cccc(C(=O)NCc4ccccn4)c3)c(=O)oc2c1. The third-order valence-electron chi connectivity index (χ3n) is 5.66. The second kappa shape index (κ2) is 10.6. The average molecular weight is 472 g/mol. The lowest BCUT2D eigenvalue weighted by atomic mass is 10.0. The van der Waals surface area contributed by atoms with Crippen LogP contribution in [0.2, 0.25) is 0 Å². The summed E-state index contributed by atoms with van der Waals surface area (Å²) in [5, 5.41) is 6.40. The van der Waals surface area contributed by atoms with Crippen molar-refractivity contribution in [2.45, 2.75) is 26.3 Å². The molecule has 2 aromatic heterocycles. The van der Waals surface area contributed by atoms with E-state index in [1.165, 1.54) is 0 Å². The lowest BCUT2D eigenvalue weighted by Gasteiger charge is -2.10. The molecule has 8 nitrogen and oxygen atoms in total. The van der Waals surface area contributed by atoms with E-state index >= 15 is 0 Å². The minimum atomic E-state index is -0.470. The molecule has 4 aromatic rings. The monoisotopic (exact) mass is 471 g/mol. The van der Waals surface area contributed by atoms with Gasteiger partial charge in [0.25, 0.3) is 5.91 Å². The molecule has 0 saturated carbocycles. The van der Waals surface area contributed by atoms with Crippen molar-refractivity contribution in [3.05, 3.63) is 99.7 Å². The maximum Gasteiger partial charge on any atom is 0.339 e. The number of amides is 2. The van der Waals surface area contributed by atoms with Crippen molar-refractivity contribution in [2.24, 2.45) is 0 Å². The summed E-state index contributed by atoms with van der Waals surface area (Å²) in [5.74, 6) is 0.0530. The van der Waals surface area contributed by atoms with E-state index in [0.29, 0.717) is 34.7 Å². The molecule has 0 fully saturated rings. The fourth-order valence-electron chi connectivity index (χ4n) is 3.77. The first-order chi connectivity index (χ1) is 16.9. The van der Waals surface area contributed by atoms with Crippen LogP contribution in [0, 0.1) is 6.92 Å². The number of benzene rings is 2. The van der Waals surface area contributed by atoms with Crippen LogP contribution in [0.1, 0.15) is 33.6 Å². The van der Waals surface area contributed by atoms with E-state index < -0.39 is 5.63 Å². The van der Waals surface area contributed by atoms with Crippen LogP contribution in [-0.4, -0.2) is 23.9 Å². The Morgan fingerprint density at radius 1 is 1.06 bits per heavy atom. The Morgan fingerprint density at radius 3 is 2.69 bits per heavy atom. The quantitative estimate of drug-likeness (QED) is 0.376. The highest BCUT2D eigenvalue weighted by molar-refractivity contribution is 5.97. The molecule has 0 aliphatic carbocycles. The fraction of sp³-hybridized carbons (Fsp3) is 0.185. The van der Waals surface area contributed by atoms with E-state index in [-0.39, 0.29) is 24.7 Å². The third-order valence-corrected chi connectivity index (χ3v) is 5.66. The Morgan fingerprint density at radius 2 is 1.91 bits per heavy atom. The minimum absolute atomic E-state index is 0.0867. The van der Waals surface area contributed by atoms with Crippen molar-refractivity contribution in [3.8, 4) is 5.75 Å². The van der Waals surface area contributed by atoms with Crippen LogP contribution >= 0.6 is 0 Å². The molecule has 0 bridgehead atoms. The summed E-state index contributed by atoms with van der Waals surface area (Å²) >= 11 is 0. The topological polar surface area (TPSA) is 111 Å². The van der Waals surface area contributed by atoms with Crippen molar-refractivity contribution in [1.82, 2.24) is 10.3 Å². The fourth-order valence-corrected chi connectivity index (χ4v) is 3.77. The number of hydrogen-bond acceptors (Lipinski definition) is 6. The lowest BCUT2D eigenvalue weighted by Crippen LogP contribution is -2.23. The Bertz CT molecular complexity index is 1430. The molecule has 0 aliphatic rings. The zero-order valence-electron chi connectivity index (χ0n) is 19.5. The molecule has 2 amide bonds. The highest BCUT2D eigenvalue weighted by atomic mass is 16.5. The zero-order chi connectivity index (χ0) is 24.8. The highest BCUT2D eigenvalue weighted by Gasteiger charge is 2.14. The maximum absolute atomic E-state index is 12.6. The largest absolute Gasteiger partial charge is 0.497 e. The molecule has 0 aliphatic heterocycles. The number of rotatable bonds is 8. The van der Waals surface area contributed by atoms with E-state index in [1.54, 1.807) is 49.7 Å². The van der Waals surface area contributed by atoms with E-state index in [2.05, 4.69) is 15.6 Å². The van der Waals surface area contributed by atoms with Crippen molar-refractivity contribution in [3.63, 3.8) is 0 Å². The van der Waals surface area contributed by atoms with Gasteiger partial charge in [0.2, 0.25) is 5.91 Å². The van der Waals surface area contributed by atoms with Gasteiger partial charge in [-0.1, -0.05) is 12.1 Å². The third kappa shape index (κ3) is 5.73. The van der Waals surface area contributed by atoms with Gasteiger partial charge in [0.15, 0.2) is 0 Å². The van der Waals surface area contributed by atoms with E-state index in [0.717, 1.165) is 16.6 Å². The molecule has 8 heteroatoms. The molecule has 2 N–H and O–H groups in total. The standard InChI is InChI=1S/C27H25N3O5/c1-17-22-10-9-21(34-2)15-24(22)35-27(33)23(17)11-12-25(31)30-19-8-5-6-18(14-19)26(32)29-16-20-7-3-4-13-28-20/h3-10,13-15H,11-12,16H2,1-2H3,(H,29,32)(H,30,31). The number of nitrogens with zero attached hydrogens (tertiary/aromatic N) is 1. The number of anilines is 1. The summed E-state index contributed by atoms with van der Waals surface area (Å²) in [4.78, 5) is 41.8. The van der Waals surface area contributed by atoms with Crippen molar-refractivity contribution >= 4 is 28.5 Å². The van der Waals surface area contributed by atoms with Gasteiger partial charge in [-0.2, -0.15) is 0 Å². The summed E-state index contributed by atoms with van der Waals surface area (Å²) in [6.45, 7) is 2.14. The summed E-state index contributed by atoms with van der Waals surface area (Å²) in [6, 6.07) is 17.5. The Balaban J connectivity index is 1.39. The highest BCUT2D eigenvalue weighted by Crippen LogP contribution is 2.24. The molecule has 0 spiro atoms. The minimum Gasteiger partial charge on any atom is -0.497 e. The maximum atomic E-state index is 12.6. The normalized spacial score (nSPS) is 10.7. The number of ether oxygens (including phenoxy) is 1. The number of aryl methyl sites for hydroxylation is 1. The summed E-state index contributed by atoms with van der Waals surface area (Å²) in [6.07, 6.45) is 1.98. The van der Waals surface area contributed by atoms with Gasteiger partial charge in [0, 0.05) is 40.9 Å². The molecule has 0 atom stereocenters. The molecule has 0 unspecified atom stereocenters. The lowest BCUT2D eigenvalue weighted by molar-refractivity contribution is -0.116. The molecule has 0 radical (unpaired) electrons. The predicted molar refractivity (Wildman–Crippen MR) is 133 cm³/mol. The van der Waals surface area contributed by atoms with Gasteiger partial charge in [-0.15, -0.1) is 0 Å². The molecule has 0 saturated heterocycles. The Labute approximate surface area is 202 Å². The van der Waals surface area contributed by atoms with Crippen LogP contribution in [0.4, 0.5) is 5.69 Å². The molecular weight excluding hydrogens is 446 g/mol. The van der Waals surface area contributed by atoms with Crippen LogP contribution < -0.4 is 21.0 Å². The number of pyridine rings is 1. The van der Waals surface area contributed by atoms with E-state index in [9.17, 15) is 14.4 Å². The second-order valence-electron chi connectivity index (χ2n) is 7.99. The van der Waals surface area contributed by atoms with Gasteiger partial charge in [-0.25, -0.2) is 4.79 Å². The number of aromatic nitrogens is 1. The van der Waals surface area contributed by atoms with Gasteiger partial charge in [-0.05, 0) is 61.4 Å². The summed E-state index contributed by atoms with van der Waals surface area (Å²) in [5.41, 5.74) is 2.87. The molecule has 2 aromatic carbocycles. The first kappa shape index (κ1) is 23.7. The summed E-state index contributed by atoms with van der Waals surface area (Å²) in [7, 11) is 1.55. The van der Waals surface area contributed by atoms with Crippen molar-refractivity contribution in [2.75, 3.05) is 12.4 Å². The Kier molecular flexibility index (Phi) is 7.21. The van der Waals surface area contributed by atoms with Gasteiger partial charge < -0.3 is 19.8 Å². The van der Waals surface area contributed by atoms with Crippen molar-refractivity contribution in [1.29, 1.82) is 0 Å². The molecule has 178 valence electrons. The number of fused-ring (bicyclic) bond motifs is 1. The predicted octanol–water partition coefficient (Wildman–Crippen LogP) is 4.01. The summed E-state index contributed by atoms with van der Waals surface area (Å²) < 4.78 is 10.6. The van der Waals surface area contributed by atoms with Gasteiger partial charge in [-0.3, -0.25) is 14.6 Å². The second-order valence-corrected chi connectivity index (χ2v) is 7.99. The van der Waals surface area contributed by atoms with Crippen LogP contribution in [-0.2, 0) is 17.8 Å². The number of methoxy groups -OCH3 is 1. The molecule has 4 rings (SSSR count). The van der Waals surface area contributed by atoms with Crippen molar-refractivity contribution < 1.29 is 18.7 Å². The number of carbonyl (C=O) groups excluding carboxylic acids is 2. The number of carbonyl (C=O) groups is 2. The van der Waals surface area contributed by atoms with Crippen LogP contribution in [0.15, 0.2) is 76.1 Å². The van der Waals surface area contributed by atoms with Crippen LogP contribution in [0.25, 0.3) is 11.0 Å². The number of nitrogens with one attached hydrogen (secondary N) is 2. The van der Waals surface area contributed by atoms with Crippen LogP contribution in [0.3, 0.4) is 0 Å². The van der Waals surface area contributed by atoms with E-state index in [1.807, 2.05) is 31.2 Å². The average Bonchev–Trinajstić information content (AvgIpc) is 2.87. The van der Waals surface area contributed by atoms with Gasteiger partial charge in [0.1, 0.15) is 11.3 Å². The molecule has 35 heavy (non-hydrogen) atoms. The zero-order valence-corrected chi connectivity index (χ0v) is 19.5. The first-order valence-corrected chi connectivity index (χ1v) is 11.1. The van der Waals surface area contributed by atoms with E-state index in [4.69, 9.17) is 9.15 Å². The first-order valence-electron chi connectivity index (χ1n) is 11.1. The van der Waals surface area contributed by atoms with Crippen LogP contribution in [0.5, 0.6) is 5.75 Å². The number of hydrogen-bond donors (Lipinski definition) is 2. The Hall–Kier alpha value is -4.46. The van der Waals surface area contributed by atoms with Gasteiger partial charge >= 0.3 is 5.63 Å². The van der Waals surface area contributed by atoms with Gasteiger partial charge in [0.05, 0.1) is 19.3 Å². The smallest absolute Gasteiger partial charge is 0.339 e. The molecule has 2 heterocycles.